The standard InChI is InChI=1S/C14H12N4O4S/c1-22-14(21)9-11(15)23-13(17-9)10(20)8-5-18(6-19)12-7(8)3-2-4-16-12/h2-5,19H,6,15H2,1H3. The van der Waals surface area contributed by atoms with Crippen molar-refractivity contribution in [3.8, 4) is 0 Å². The topological polar surface area (TPSA) is 120 Å². The zero-order valence-electron chi connectivity index (χ0n) is 12.0. The molecule has 3 rings (SSSR count). The molecule has 9 heteroatoms. The van der Waals surface area contributed by atoms with E-state index in [1.807, 2.05) is 0 Å². The predicted octanol–water partition coefficient (Wildman–Crippen LogP) is 1.04. The molecule has 23 heavy (non-hydrogen) atoms. The monoisotopic (exact) mass is 332 g/mol. The number of nitrogen functional groups attached to an aromatic ring is 1. The van der Waals surface area contributed by atoms with Crippen LogP contribution >= 0.6 is 11.3 Å². The van der Waals surface area contributed by atoms with E-state index in [9.17, 15) is 14.7 Å². The van der Waals surface area contributed by atoms with Gasteiger partial charge in [-0.1, -0.05) is 11.3 Å². The highest BCUT2D eigenvalue weighted by molar-refractivity contribution is 7.17. The Morgan fingerprint density at radius 3 is 2.96 bits per heavy atom. The molecule has 0 atom stereocenters. The van der Waals surface area contributed by atoms with E-state index in [0.717, 1.165) is 11.3 Å². The summed E-state index contributed by atoms with van der Waals surface area (Å²) in [6.07, 6.45) is 3.06. The number of aliphatic hydroxyl groups is 1. The van der Waals surface area contributed by atoms with Crippen LogP contribution in [0.25, 0.3) is 11.0 Å². The van der Waals surface area contributed by atoms with E-state index in [2.05, 4.69) is 14.7 Å². The SMILES string of the molecule is COC(=O)c1nc(C(=O)c2cn(CO)c3ncccc23)sc1N. The highest BCUT2D eigenvalue weighted by atomic mass is 32.1. The van der Waals surface area contributed by atoms with Gasteiger partial charge in [0.2, 0.25) is 5.78 Å². The number of anilines is 1. The zero-order chi connectivity index (χ0) is 16.6. The van der Waals surface area contributed by atoms with Gasteiger partial charge in [-0.25, -0.2) is 14.8 Å². The summed E-state index contributed by atoms with van der Waals surface area (Å²) in [7, 11) is 1.21. The van der Waals surface area contributed by atoms with Gasteiger partial charge in [-0.15, -0.1) is 0 Å². The molecule has 0 fully saturated rings. The molecule has 3 aromatic heterocycles. The second kappa shape index (κ2) is 5.78. The molecule has 3 aromatic rings. The number of ketones is 1. The lowest BCUT2D eigenvalue weighted by molar-refractivity contribution is 0.0596. The number of rotatable bonds is 4. The van der Waals surface area contributed by atoms with Gasteiger partial charge in [0.05, 0.1) is 12.7 Å². The van der Waals surface area contributed by atoms with Gasteiger partial charge < -0.3 is 20.1 Å². The molecule has 0 saturated heterocycles. The van der Waals surface area contributed by atoms with Crippen molar-refractivity contribution in [1.29, 1.82) is 0 Å². The summed E-state index contributed by atoms with van der Waals surface area (Å²) >= 11 is 0.911. The minimum absolute atomic E-state index is 0.0729. The summed E-state index contributed by atoms with van der Waals surface area (Å²) in [6, 6.07) is 3.41. The van der Waals surface area contributed by atoms with E-state index in [0.29, 0.717) is 16.6 Å². The number of aromatic nitrogens is 3. The lowest BCUT2D eigenvalue weighted by Crippen LogP contribution is -2.06. The first-order chi connectivity index (χ1) is 11.1. The number of ether oxygens (including phenoxy) is 1. The Morgan fingerprint density at radius 1 is 1.48 bits per heavy atom. The first-order valence-electron chi connectivity index (χ1n) is 6.50. The number of fused-ring (bicyclic) bond motifs is 1. The minimum Gasteiger partial charge on any atom is -0.464 e. The van der Waals surface area contributed by atoms with Crippen molar-refractivity contribution in [2.24, 2.45) is 0 Å². The molecule has 8 nitrogen and oxygen atoms in total. The molecule has 0 aliphatic rings. The molecule has 118 valence electrons. The first-order valence-corrected chi connectivity index (χ1v) is 7.32. The Morgan fingerprint density at radius 2 is 2.26 bits per heavy atom. The highest BCUT2D eigenvalue weighted by Gasteiger charge is 2.24. The third kappa shape index (κ3) is 2.45. The number of hydrogen-bond acceptors (Lipinski definition) is 8. The van der Waals surface area contributed by atoms with Crippen LogP contribution in [0.2, 0.25) is 0 Å². The van der Waals surface area contributed by atoms with Gasteiger partial charge in [0.15, 0.2) is 10.7 Å². The molecule has 0 spiro atoms. The van der Waals surface area contributed by atoms with Crippen molar-refractivity contribution in [2.75, 3.05) is 12.8 Å². The lowest BCUT2D eigenvalue weighted by Gasteiger charge is -1.96. The number of nitrogens with two attached hydrogens (primary N) is 1. The van der Waals surface area contributed by atoms with Crippen molar-refractivity contribution in [3.63, 3.8) is 0 Å². The number of pyridine rings is 1. The number of carbonyl (C=O) groups excluding carboxylic acids is 2. The minimum atomic E-state index is -0.697. The lowest BCUT2D eigenvalue weighted by atomic mass is 10.1. The largest absolute Gasteiger partial charge is 0.464 e. The van der Waals surface area contributed by atoms with E-state index in [4.69, 9.17) is 5.73 Å². The molecule has 0 amide bonds. The Labute approximate surface area is 134 Å². The van der Waals surface area contributed by atoms with Crippen LogP contribution in [-0.4, -0.2) is 38.5 Å². The second-order valence-electron chi connectivity index (χ2n) is 4.58. The number of methoxy groups -OCH3 is 1. The van der Waals surface area contributed by atoms with Crippen molar-refractivity contribution < 1.29 is 19.4 Å². The summed E-state index contributed by atoms with van der Waals surface area (Å²) in [5.41, 5.74) is 6.45. The Bertz CT molecular complexity index is 915. The molecule has 0 aliphatic carbocycles. The van der Waals surface area contributed by atoms with Crippen LogP contribution in [0.3, 0.4) is 0 Å². The third-order valence-corrected chi connectivity index (χ3v) is 4.14. The van der Waals surface area contributed by atoms with Crippen LogP contribution < -0.4 is 5.73 Å². The normalized spacial score (nSPS) is 10.9. The van der Waals surface area contributed by atoms with Gasteiger partial charge in [-0.2, -0.15) is 0 Å². The molecule has 0 aliphatic heterocycles. The quantitative estimate of drug-likeness (QED) is 0.541. The summed E-state index contributed by atoms with van der Waals surface area (Å²) in [4.78, 5) is 32.4. The predicted molar refractivity (Wildman–Crippen MR) is 83.3 cm³/mol. The van der Waals surface area contributed by atoms with Gasteiger partial charge in [0, 0.05) is 17.8 Å². The fourth-order valence-electron chi connectivity index (χ4n) is 2.20. The maximum Gasteiger partial charge on any atom is 0.359 e. The number of aliphatic hydroxyl groups excluding tert-OH is 1. The Kier molecular flexibility index (Phi) is 3.80. The van der Waals surface area contributed by atoms with E-state index in [-0.39, 0.29) is 22.4 Å². The molecule has 0 unspecified atom stereocenters. The van der Waals surface area contributed by atoms with Gasteiger partial charge >= 0.3 is 5.97 Å². The average Bonchev–Trinajstić information content (AvgIpc) is 3.14. The van der Waals surface area contributed by atoms with Crippen molar-refractivity contribution in [2.45, 2.75) is 6.73 Å². The van der Waals surface area contributed by atoms with E-state index in [1.54, 1.807) is 18.3 Å². The molecule has 3 heterocycles. The number of carbonyl (C=O) groups is 2. The number of thiazole rings is 1. The zero-order valence-corrected chi connectivity index (χ0v) is 12.8. The second-order valence-corrected chi connectivity index (χ2v) is 5.61. The van der Waals surface area contributed by atoms with Crippen LogP contribution in [0.1, 0.15) is 25.9 Å². The van der Waals surface area contributed by atoms with Crippen LogP contribution in [0.4, 0.5) is 5.00 Å². The van der Waals surface area contributed by atoms with Gasteiger partial charge in [0.1, 0.15) is 17.4 Å². The van der Waals surface area contributed by atoms with Crippen molar-refractivity contribution in [1.82, 2.24) is 14.5 Å². The van der Waals surface area contributed by atoms with Crippen LogP contribution in [0, 0.1) is 0 Å². The molecule has 0 saturated carbocycles. The first kappa shape index (κ1) is 15.1. The van der Waals surface area contributed by atoms with Gasteiger partial charge in [0.25, 0.3) is 0 Å². The Balaban J connectivity index is 2.09. The fraction of sp³-hybridized carbons (Fsp3) is 0.143. The van der Waals surface area contributed by atoms with Gasteiger partial charge in [-0.3, -0.25) is 4.79 Å². The molecule has 3 N–H and O–H groups in total. The van der Waals surface area contributed by atoms with Crippen molar-refractivity contribution in [3.05, 3.63) is 40.8 Å². The van der Waals surface area contributed by atoms with Crippen LogP contribution in [-0.2, 0) is 11.5 Å². The third-order valence-electron chi connectivity index (χ3n) is 3.26. The summed E-state index contributed by atoms with van der Waals surface area (Å²) in [5.74, 6) is -1.10. The van der Waals surface area contributed by atoms with E-state index >= 15 is 0 Å². The average molecular weight is 332 g/mol. The van der Waals surface area contributed by atoms with Crippen molar-refractivity contribution >= 4 is 39.1 Å². The number of hydrogen-bond donors (Lipinski definition) is 2. The highest BCUT2D eigenvalue weighted by Crippen LogP contribution is 2.27. The molecule has 0 aromatic carbocycles. The maximum atomic E-state index is 12.7. The van der Waals surface area contributed by atoms with E-state index in [1.165, 1.54) is 17.9 Å². The summed E-state index contributed by atoms with van der Waals surface area (Å²) in [5, 5.41) is 10.1. The fourth-order valence-corrected chi connectivity index (χ4v) is 2.97. The molecular formula is C14H12N4O4S. The summed E-state index contributed by atoms with van der Waals surface area (Å²) in [6.45, 7) is -0.311. The summed E-state index contributed by atoms with van der Waals surface area (Å²) < 4.78 is 6.02. The smallest absolute Gasteiger partial charge is 0.359 e. The maximum absolute atomic E-state index is 12.7. The molecule has 0 bridgehead atoms. The number of esters is 1. The van der Waals surface area contributed by atoms with Gasteiger partial charge in [-0.05, 0) is 12.1 Å². The number of nitrogens with zero attached hydrogens (tertiary/aromatic N) is 3. The van der Waals surface area contributed by atoms with E-state index < -0.39 is 11.8 Å². The molecular weight excluding hydrogens is 320 g/mol. The molecule has 0 radical (unpaired) electrons. The van der Waals surface area contributed by atoms with Crippen LogP contribution in [0.15, 0.2) is 24.5 Å². The van der Waals surface area contributed by atoms with Crippen LogP contribution in [0.5, 0.6) is 0 Å². The Hall–Kier alpha value is -2.78.